The number of H-pyrrole nitrogens is 3. The Hall–Kier alpha value is -8.66. The molecule has 17 heterocycles. The summed E-state index contributed by atoms with van der Waals surface area (Å²) in [4.78, 5) is 112. The molecule has 0 bridgehead atoms. The van der Waals surface area contributed by atoms with Gasteiger partial charge in [0, 0.05) is 79.7 Å². The van der Waals surface area contributed by atoms with E-state index in [9.17, 15) is 53.7 Å². The molecule has 6 aromatic rings. The zero-order valence-corrected chi connectivity index (χ0v) is 67.7. The van der Waals surface area contributed by atoms with E-state index in [-0.39, 0.29) is 121 Å². The summed E-state index contributed by atoms with van der Waals surface area (Å²) < 4.78 is 69.0. The Morgan fingerprint density at radius 3 is 1.34 bits per heavy atom. The third kappa shape index (κ3) is 21.6. The first-order valence-corrected chi connectivity index (χ1v) is 39.7. The molecule has 6 aromatic heterocycles. The highest BCUT2D eigenvalue weighted by molar-refractivity contribution is 7.71. The third-order valence-electron chi connectivity index (χ3n) is 21.7. The van der Waals surface area contributed by atoms with Crippen LogP contribution >= 0.6 is 23.8 Å². The minimum Gasteiger partial charge on any atom is -0.456 e. The van der Waals surface area contributed by atoms with Crippen LogP contribution in [0.25, 0.3) is 0 Å². The second kappa shape index (κ2) is 41.3. The van der Waals surface area contributed by atoms with Gasteiger partial charge in [-0.25, -0.2) is 19.2 Å². The zero-order valence-electron chi connectivity index (χ0n) is 66.1. The van der Waals surface area contributed by atoms with Crippen LogP contribution in [0, 0.1) is 28.3 Å². The van der Waals surface area contributed by atoms with Crippen molar-refractivity contribution in [2.45, 2.75) is 253 Å². The van der Waals surface area contributed by atoms with Crippen molar-refractivity contribution in [2.75, 3.05) is 32.2 Å². The summed E-state index contributed by atoms with van der Waals surface area (Å²) in [5.41, 5.74) is 7.51. The number of hydrogen-bond donors (Lipinski definition) is 15. The predicted octanol–water partition coefficient (Wildman–Crippen LogP) is -2.94. The summed E-state index contributed by atoms with van der Waals surface area (Å²) in [7, 11) is 0. The maximum absolute atomic E-state index is 11.7. The molecule has 44 nitrogen and oxygen atoms in total. The van der Waals surface area contributed by atoms with Crippen LogP contribution in [-0.4, -0.2) is 256 Å². The molecule has 46 heteroatoms. The molecule has 11 aliphatic rings. The van der Waals surface area contributed by atoms with Crippen molar-refractivity contribution in [1.82, 2.24) is 57.3 Å². The van der Waals surface area contributed by atoms with Crippen LogP contribution in [0.2, 0.25) is 0 Å². The number of nitrogen functional groups attached to an aromatic ring is 1. The number of aliphatic imine (C=N–C) groups is 1. The third-order valence-corrected chi connectivity index (χ3v) is 22.6. The minimum absolute atomic E-state index is 0.0146. The lowest BCUT2D eigenvalue weighted by atomic mass is 9.99. The number of hydrogen-bond acceptors (Lipinski definition) is 36. The van der Waals surface area contributed by atoms with Crippen molar-refractivity contribution < 1.29 is 103 Å². The number of anilines is 1. The van der Waals surface area contributed by atoms with E-state index >= 15 is 0 Å². The van der Waals surface area contributed by atoms with Crippen LogP contribution in [0.15, 0.2) is 117 Å². The average Bonchev–Trinajstić information content (AvgIpc) is 1.61. The molecule has 17 rings (SSSR count). The molecule has 0 aliphatic carbocycles. The van der Waals surface area contributed by atoms with Crippen molar-refractivity contribution in [1.29, 1.82) is 0 Å². The molecule has 658 valence electrons. The molecule has 0 saturated carbocycles. The molecule has 0 amide bonds. The maximum Gasteiger partial charge on any atom is 0.351 e. The number of nitrogens with zero attached hydrogens (tertiary/aromatic N) is 10. The second-order valence-corrected chi connectivity index (χ2v) is 30.6. The molecule has 119 heavy (non-hydrogen) atoms. The van der Waals surface area contributed by atoms with Crippen molar-refractivity contribution in [3.05, 3.63) is 162 Å². The fourth-order valence-electron chi connectivity index (χ4n) is 15.0. The molecule has 0 spiro atoms. The predicted molar refractivity (Wildman–Crippen MR) is 416 cm³/mol. The zero-order chi connectivity index (χ0) is 86.7. The van der Waals surface area contributed by atoms with E-state index in [1.54, 1.807) is 27.6 Å². The summed E-state index contributed by atoms with van der Waals surface area (Å²) in [6, 6.07) is 9.09. The molecular weight excluding hydrogens is 1620 g/mol. The Kier molecular flexibility index (Phi) is 32.1. The highest BCUT2D eigenvalue weighted by Crippen LogP contribution is 2.44. The van der Waals surface area contributed by atoms with Gasteiger partial charge in [-0.2, -0.15) is 19.9 Å². The van der Waals surface area contributed by atoms with Gasteiger partial charge >= 0.3 is 34.8 Å². The van der Waals surface area contributed by atoms with E-state index in [4.69, 9.17) is 118 Å². The molecule has 0 aromatic carbocycles. The number of alkyl halides is 1. The standard InChI is InChI=1S/C11H15ClN2O3.C11H14N2O3.C11H16N2O3.C11H16N2O2S.C9H13N3O4.C9H10N2O5.C6H10N2O4.C5H10O5/c1-3-7-6(2)9(12)10(17-7)14-5-4-8(15)13-11(14)16;1-3-7-6(2)9-10(15-7)13-5-4-8(14)12-11(13)16-9;1-3-8-7(2)6-10(16-8)13-5-4-9(14)12-11(13)15;1-3-8-7(2)6-10(15-8)13-5-4-9(16)12-11(13)14;10-7-1-2-12(9(15)11-7)8-3-5(14)6(4-13)16-8;12-3-4-6(14)7-8(15-4)11-2-1-5(13)10-9(11)16-7;7-6-8-5-4(12-6)3(10)2(1-9)11-5;6-1-2-3(7)4(8)5(9)10-2/h4-7,9-10H,3H2,1-2H3,(H,13,15,16);4-7,9-10H,3H2,1-2H3;4-5,7-8,10H,3,6H2,1-2H3,(H,12,14,15);4-5,7-8,10H,3,6H2,1-2H3,(H,12,14,16);1-2,5-6,8,13-14H,3-4H2,(H2,10,11,15);1-2,4,6-8,12,14H,3H2;2-5,9-10H,1H2,(H2,7,8);2-9H,1H2/t2*6?,7-,9?,10-;2*7?,8-,10-;5?,6-,8-;4-,6?,7?,8-;2-,3?,4?,5-;2-,3?,4?,5?/m00000000/s1. The Morgan fingerprint density at radius 2 is 0.882 bits per heavy atom. The van der Waals surface area contributed by atoms with Gasteiger partial charge < -0.3 is 115 Å². The van der Waals surface area contributed by atoms with Crippen LogP contribution in [0.5, 0.6) is 12.0 Å². The first-order chi connectivity index (χ1) is 56.7. The number of aliphatic hydroxyl groups is 10. The van der Waals surface area contributed by atoms with Crippen LogP contribution in [0.3, 0.4) is 0 Å². The Balaban J connectivity index is 0.000000144. The van der Waals surface area contributed by atoms with E-state index in [1.807, 2.05) is 13.8 Å². The first kappa shape index (κ1) is 92.6. The van der Waals surface area contributed by atoms with Crippen molar-refractivity contribution in [2.24, 2.45) is 34.4 Å². The number of nitrogens with two attached hydrogens (primary N) is 2. The van der Waals surface area contributed by atoms with Gasteiger partial charge in [0.25, 0.3) is 28.3 Å². The maximum atomic E-state index is 11.7. The normalized spacial score (nSPS) is 34.8. The van der Waals surface area contributed by atoms with Gasteiger partial charge in [0.2, 0.25) is 0 Å². The van der Waals surface area contributed by atoms with Gasteiger partial charge in [0.05, 0.1) is 62.3 Å². The van der Waals surface area contributed by atoms with Gasteiger partial charge in [-0.15, -0.1) is 11.6 Å². The van der Waals surface area contributed by atoms with Crippen LogP contribution < -0.4 is 65.9 Å². The van der Waals surface area contributed by atoms with E-state index in [0.29, 0.717) is 28.4 Å². The Morgan fingerprint density at radius 1 is 0.445 bits per heavy atom. The fraction of sp³-hybridized carbons (Fsp3) is 0.658. The van der Waals surface area contributed by atoms with Crippen molar-refractivity contribution in [3.8, 4) is 12.0 Å². The SMILES string of the molecule is CC[C@@H]1O[C@H](n2ccc(=O)[nH]c2=O)C(Cl)C1C.CC[C@@H]1O[C@H](n2ccc(=O)[nH]c2=O)CC1C.CC[C@@H]1O[C@H](n2ccc(=S)[nH]c2=O)CC1C.CC[C@@H]1O[C@H]2C(Oc3nc(=O)ccn32)C1C.NC1=N[C@H]2O[C@@H](CO)C(O)C2O1.Nc1ccn([C@@H]2CC(O)[C@H](CO)O2)c(=O)n1.O=c1ccn2c(n1)OC1C(O)[C@H](CO)O[C@@H]12.OC[C@@H]1OC(O)C(O)C1O. The lowest BCUT2D eigenvalue weighted by Gasteiger charge is -2.16. The number of ether oxygens (including phenoxy) is 11. The number of rotatable bonds is 12. The topological polar surface area (TPSA) is 620 Å². The van der Waals surface area contributed by atoms with E-state index in [0.717, 1.165) is 38.5 Å². The number of aliphatic hydroxyl groups excluding tert-OH is 10. The van der Waals surface area contributed by atoms with Gasteiger partial charge in [-0.1, -0.05) is 67.6 Å². The minimum atomic E-state index is -1.38. The number of aromatic nitrogens is 12. The van der Waals surface area contributed by atoms with Gasteiger partial charge in [0.1, 0.15) is 78.0 Å². The lowest BCUT2D eigenvalue weighted by Crippen LogP contribution is -2.35. The van der Waals surface area contributed by atoms with E-state index in [1.165, 1.54) is 73.4 Å². The van der Waals surface area contributed by atoms with Gasteiger partial charge in [-0.05, 0) is 62.5 Å². The average molecular weight is 1720 g/mol. The summed E-state index contributed by atoms with van der Waals surface area (Å²) in [6.07, 6.45) is 2.50. The van der Waals surface area contributed by atoms with E-state index < -0.39 is 133 Å². The highest BCUT2D eigenvalue weighted by Gasteiger charge is 2.53. The summed E-state index contributed by atoms with van der Waals surface area (Å²) in [5.74, 6) is 1.56. The van der Waals surface area contributed by atoms with Gasteiger partial charge in [0.15, 0.2) is 49.5 Å². The Bertz CT molecular complexity index is 4780. The number of nitrogens with one attached hydrogen (secondary N) is 3. The van der Waals surface area contributed by atoms with Gasteiger partial charge in [-0.3, -0.25) is 61.5 Å². The fourth-order valence-corrected chi connectivity index (χ4v) is 15.5. The number of aromatic amines is 3. The smallest absolute Gasteiger partial charge is 0.351 e. The number of amidine groups is 1. The molecule has 8 saturated heterocycles. The molecule has 8 fully saturated rings. The molecule has 17 N–H and O–H groups in total. The van der Waals surface area contributed by atoms with Crippen LogP contribution in [0.1, 0.15) is 138 Å². The number of halogens is 1. The lowest BCUT2D eigenvalue weighted by molar-refractivity contribution is -0.132. The Labute approximate surface area is 686 Å². The summed E-state index contributed by atoms with van der Waals surface area (Å²) >= 11 is 11.2. The second-order valence-electron chi connectivity index (χ2n) is 29.7. The largest absolute Gasteiger partial charge is 0.456 e. The van der Waals surface area contributed by atoms with Crippen molar-refractivity contribution >= 4 is 35.7 Å². The van der Waals surface area contributed by atoms with E-state index in [2.05, 4.69) is 81.2 Å². The number of fused-ring (bicyclic) bond motifs is 7. The monoisotopic (exact) mass is 1720 g/mol. The van der Waals surface area contributed by atoms with Crippen LogP contribution in [0.4, 0.5) is 5.82 Å². The quantitative estimate of drug-likeness (QED) is 0.0431. The van der Waals surface area contributed by atoms with Crippen LogP contribution in [-0.2, 0) is 42.6 Å². The first-order valence-electron chi connectivity index (χ1n) is 38.9. The summed E-state index contributed by atoms with van der Waals surface area (Å²) in [6.45, 7) is 15.5. The molecular formula is C73H104ClN15O29S. The highest BCUT2D eigenvalue weighted by atomic mass is 35.5. The molecule has 29 atom stereocenters. The molecule has 11 aliphatic heterocycles. The molecule has 14 unspecified atom stereocenters. The summed E-state index contributed by atoms with van der Waals surface area (Å²) in [5, 5.41) is 90.0. The van der Waals surface area contributed by atoms with Crippen molar-refractivity contribution in [3.63, 3.8) is 0 Å². The molecule has 0 radical (unpaired) electrons.